The quantitative estimate of drug-likeness (QED) is 0.660. The van der Waals surface area contributed by atoms with Crippen molar-refractivity contribution in [3.05, 3.63) is 0 Å². The van der Waals surface area contributed by atoms with Crippen molar-refractivity contribution >= 4 is 5.91 Å². The number of nitrogens with two attached hydrogens (primary N) is 1. The van der Waals surface area contributed by atoms with Gasteiger partial charge >= 0.3 is 0 Å². The maximum absolute atomic E-state index is 11.4. The summed E-state index contributed by atoms with van der Waals surface area (Å²) < 4.78 is 5.41. The molecule has 0 radical (unpaired) electrons. The Morgan fingerprint density at radius 2 is 2.44 bits per heavy atom. The van der Waals surface area contributed by atoms with Crippen LogP contribution in [0.15, 0.2) is 0 Å². The highest BCUT2D eigenvalue weighted by Crippen LogP contribution is 2.23. The molecule has 92 valence electrons. The molecule has 2 aliphatic heterocycles. The fourth-order valence-corrected chi connectivity index (χ4v) is 2.68. The van der Waals surface area contributed by atoms with Crippen LogP contribution in [0, 0.1) is 5.92 Å². The third-order valence-electron chi connectivity index (χ3n) is 3.78. The molecule has 2 fully saturated rings. The van der Waals surface area contributed by atoms with Crippen molar-refractivity contribution in [3.8, 4) is 0 Å². The van der Waals surface area contributed by atoms with Crippen molar-refractivity contribution in [1.82, 2.24) is 10.2 Å². The van der Waals surface area contributed by atoms with Gasteiger partial charge in [0.1, 0.15) is 6.04 Å². The fourth-order valence-electron chi connectivity index (χ4n) is 2.68. The van der Waals surface area contributed by atoms with Gasteiger partial charge in [-0.2, -0.15) is 0 Å². The van der Waals surface area contributed by atoms with Crippen molar-refractivity contribution in [2.24, 2.45) is 11.7 Å². The van der Waals surface area contributed by atoms with Gasteiger partial charge in [-0.1, -0.05) is 0 Å². The number of ether oxygens (including phenoxy) is 1. The summed E-state index contributed by atoms with van der Waals surface area (Å²) in [6.45, 7) is 6.35. The first kappa shape index (κ1) is 11.8. The number of amides is 1. The van der Waals surface area contributed by atoms with Gasteiger partial charge in [0.2, 0.25) is 5.91 Å². The van der Waals surface area contributed by atoms with Crippen molar-refractivity contribution in [3.63, 3.8) is 0 Å². The molecule has 0 aromatic carbocycles. The van der Waals surface area contributed by atoms with Gasteiger partial charge in [-0.25, -0.2) is 0 Å². The predicted octanol–water partition coefficient (Wildman–Crippen LogP) is -0.829. The van der Waals surface area contributed by atoms with Crippen LogP contribution in [0.3, 0.4) is 0 Å². The molecule has 0 spiro atoms. The number of carbonyl (C=O) groups is 1. The molecule has 2 rings (SSSR count). The van der Waals surface area contributed by atoms with Crippen LogP contribution in [-0.4, -0.2) is 55.7 Å². The Balaban J connectivity index is 2.01. The average Bonchev–Trinajstić information content (AvgIpc) is 2.81. The van der Waals surface area contributed by atoms with E-state index in [1.165, 1.54) is 0 Å². The van der Waals surface area contributed by atoms with Gasteiger partial charge in [0.25, 0.3) is 0 Å². The van der Waals surface area contributed by atoms with Crippen LogP contribution in [0.5, 0.6) is 0 Å². The predicted molar refractivity (Wildman–Crippen MR) is 60.9 cm³/mol. The topological polar surface area (TPSA) is 67.6 Å². The molecule has 2 aliphatic rings. The second-order valence-electron chi connectivity index (χ2n) is 4.72. The molecule has 3 atom stereocenters. The van der Waals surface area contributed by atoms with E-state index in [1.54, 1.807) is 0 Å². The molecule has 0 aliphatic carbocycles. The van der Waals surface area contributed by atoms with Crippen LogP contribution < -0.4 is 11.1 Å². The summed E-state index contributed by atoms with van der Waals surface area (Å²) in [5, 5.41) is 3.22. The summed E-state index contributed by atoms with van der Waals surface area (Å²) in [7, 11) is 0. The lowest BCUT2D eigenvalue weighted by Gasteiger charge is -2.40. The maximum atomic E-state index is 11.4. The number of primary amides is 1. The molecule has 5 heteroatoms. The molecule has 16 heavy (non-hydrogen) atoms. The van der Waals surface area contributed by atoms with Crippen molar-refractivity contribution in [2.45, 2.75) is 25.4 Å². The number of piperazine rings is 1. The van der Waals surface area contributed by atoms with E-state index >= 15 is 0 Å². The summed E-state index contributed by atoms with van der Waals surface area (Å²) in [6, 6.07) is 0.214. The average molecular weight is 227 g/mol. The Morgan fingerprint density at radius 1 is 1.62 bits per heavy atom. The summed E-state index contributed by atoms with van der Waals surface area (Å²) in [5.74, 6) is 0.318. The zero-order chi connectivity index (χ0) is 11.5. The number of hydrogen-bond donors (Lipinski definition) is 2. The Morgan fingerprint density at radius 3 is 3.06 bits per heavy atom. The molecule has 0 aromatic heterocycles. The monoisotopic (exact) mass is 227 g/mol. The molecular formula is C11H21N3O2. The van der Waals surface area contributed by atoms with Gasteiger partial charge < -0.3 is 15.8 Å². The highest BCUT2D eigenvalue weighted by Gasteiger charge is 2.35. The normalized spacial score (nSPS) is 33.8. The lowest BCUT2D eigenvalue weighted by atomic mass is 9.96. The van der Waals surface area contributed by atoms with Crippen LogP contribution in [-0.2, 0) is 9.53 Å². The first-order valence-corrected chi connectivity index (χ1v) is 6.03. The smallest absolute Gasteiger partial charge is 0.236 e. The number of hydrogen-bond acceptors (Lipinski definition) is 4. The molecular weight excluding hydrogens is 206 g/mol. The zero-order valence-corrected chi connectivity index (χ0v) is 9.82. The zero-order valence-electron chi connectivity index (χ0n) is 9.82. The number of nitrogens with one attached hydrogen (secondary N) is 1. The molecule has 2 saturated heterocycles. The largest absolute Gasteiger partial charge is 0.381 e. The van der Waals surface area contributed by atoms with E-state index in [9.17, 15) is 4.79 Å². The SMILES string of the molecule is CC(C1CCOC1)N1CCNCC1C(N)=O. The highest BCUT2D eigenvalue weighted by molar-refractivity contribution is 5.80. The molecule has 1 amide bonds. The van der Waals surface area contributed by atoms with Gasteiger partial charge in [0.15, 0.2) is 0 Å². The summed E-state index contributed by atoms with van der Waals surface area (Å²) in [5.41, 5.74) is 5.44. The van der Waals surface area contributed by atoms with Crippen molar-refractivity contribution in [2.75, 3.05) is 32.8 Å². The van der Waals surface area contributed by atoms with Gasteiger partial charge in [0, 0.05) is 32.3 Å². The summed E-state index contributed by atoms with van der Waals surface area (Å²) in [6.07, 6.45) is 1.09. The summed E-state index contributed by atoms with van der Waals surface area (Å²) in [4.78, 5) is 13.6. The third-order valence-corrected chi connectivity index (χ3v) is 3.78. The van der Waals surface area contributed by atoms with E-state index in [0.717, 1.165) is 32.7 Å². The first-order valence-electron chi connectivity index (χ1n) is 6.03. The molecule has 0 saturated carbocycles. The minimum Gasteiger partial charge on any atom is -0.381 e. The van der Waals surface area contributed by atoms with Gasteiger partial charge in [0.05, 0.1) is 6.61 Å². The second-order valence-corrected chi connectivity index (χ2v) is 4.72. The van der Waals surface area contributed by atoms with E-state index in [1.807, 2.05) is 0 Å². The van der Waals surface area contributed by atoms with Gasteiger partial charge in [-0.3, -0.25) is 9.69 Å². The second kappa shape index (κ2) is 5.12. The minimum absolute atomic E-state index is 0.163. The van der Waals surface area contributed by atoms with Crippen LogP contribution in [0.4, 0.5) is 0 Å². The van der Waals surface area contributed by atoms with E-state index in [0.29, 0.717) is 18.5 Å². The number of nitrogens with zero attached hydrogens (tertiary/aromatic N) is 1. The van der Waals surface area contributed by atoms with Crippen LogP contribution in [0.2, 0.25) is 0 Å². The molecule has 3 N–H and O–H groups in total. The molecule has 3 unspecified atom stereocenters. The van der Waals surface area contributed by atoms with E-state index in [-0.39, 0.29) is 11.9 Å². The maximum Gasteiger partial charge on any atom is 0.236 e. The summed E-state index contributed by atoms with van der Waals surface area (Å²) >= 11 is 0. The fraction of sp³-hybridized carbons (Fsp3) is 0.909. The van der Waals surface area contributed by atoms with Crippen molar-refractivity contribution in [1.29, 1.82) is 0 Å². The van der Waals surface area contributed by atoms with Crippen LogP contribution in [0.25, 0.3) is 0 Å². The third kappa shape index (κ3) is 2.36. The number of rotatable bonds is 3. The van der Waals surface area contributed by atoms with E-state index in [4.69, 9.17) is 10.5 Å². The molecule has 0 aromatic rings. The van der Waals surface area contributed by atoms with Crippen LogP contribution >= 0.6 is 0 Å². The lowest BCUT2D eigenvalue weighted by molar-refractivity contribution is -0.125. The van der Waals surface area contributed by atoms with Crippen molar-refractivity contribution < 1.29 is 9.53 Å². The standard InChI is InChI=1S/C11H21N3O2/c1-8(9-2-5-16-7-9)14-4-3-13-6-10(14)11(12)15/h8-10,13H,2-7H2,1H3,(H2,12,15). The highest BCUT2D eigenvalue weighted by atomic mass is 16.5. The van der Waals surface area contributed by atoms with E-state index < -0.39 is 0 Å². The molecule has 2 heterocycles. The Labute approximate surface area is 96.3 Å². The van der Waals surface area contributed by atoms with Gasteiger partial charge in [-0.15, -0.1) is 0 Å². The Kier molecular flexibility index (Phi) is 3.78. The molecule has 0 bridgehead atoms. The Hall–Kier alpha value is -0.650. The first-order chi connectivity index (χ1) is 7.70. The Bertz CT molecular complexity index is 254. The lowest BCUT2D eigenvalue weighted by Crippen LogP contribution is -2.60. The van der Waals surface area contributed by atoms with Crippen LogP contribution in [0.1, 0.15) is 13.3 Å². The minimum atomic E-state index is -0.224. The number of carbonyl (C=O) groups excluding carboxylic acids is 1. The van der Waals surface area contributed by atoms with E-state index in [2.05, 4.69) is 17.1 Å². The van der Waals surface area contributed by atoms with Gasteiger partial charge in [-0.05, 0) is 19.3 Å². The molecule has 5 nitrogen and oxygen atoms in total.